The quantitative estimate of drug-likeness (QED) is 0.645. The highest BCUT2D eigenvalue weighted by atomic mass is 31.1. The summed E-state index contributed by atoms with van der Waals surface area (Å²) in [6.45, 7) is 6.38. The number of phenolic OH excluding ortho intramolecular Hbond substituents is 1. The van der Waals surface area contributed by atoms with Gasteiger partial charge in [0.2, 0.25) is 0 Å². The fourth-order valence-corrected chi connectivity index (χ4v) is 4.19. The monoisotopic (exact) mass is 313 g/mol. The molecule has 0 spiro atoms. The van der Waals surface area contributed by atoms with E-state index in [-0.39, 0.29) is 5.16 Å². The smallest absolute Gasteiger partial charge is 0.122 e. The maximum Gasteiger partial charge on any atom is 0.122 e. The lowest BCUT2D eigenvalue weighted by molar-refractivity contribution is 0.452. The van der Waals surface area contributed by atoms with E-state index >= 15 is 0 Å². The summed E-state index contributed by atoms with van der Waals surface area (Å²) in [6.07, 6.45) is 2.88. The van der Waals surface area contributed by atoms with E-state index in [1.807, 2.05) is 31.3 Å². The van der Waals surface area contributed by atoms with Gasteiger partial charge in [0.1, 0.15) is 5.75 Å². The molecule has 2 aromatic rings. The maximum absolute atomic E-state index is 10.5. The van der Waals surface area contributed by atoms with Gasteiger partial charge in [-0.05, 0) is 29.8 Å². The number of aryl methyl sites for hydroxylation is 1. The van der Waals surface area contributed by atoms with Crippen molar-refractivity contribution in [2.24, 2.45) is 4.99 Å². The number of benzene rings is 2. The first-order valence-electron chi connectivity index (χ1n) is 7.60. The Hall–Kier alpha value is -1.66. The lowest BCUT2D eigenvalue weighted by Crippen LogP contribution is -2.20. The van der Waals surface area contributed by atoms with Crippen LogP contribution in [0.3, 0.4) is 0 Å². The van der Waals surface area contributed by atoms with Gasteiger partial charge in [-0.25, -0.2) is 0 Å². The second-order valence-corrected chi connectivity index (χ2v) is 7.65. The van der Waals surface area contributed by atoms with E-state index in [4.69, 9.17) is 0 Å². The molecule has 0 aromatic heterocycles. The van der Waals surface area contributed by atoms with Gasteiger partial charge in [-0.15, -0.1) is 0 Å². The van der Waals surface area contributed by atoms with Gasteiger partial charge < -0.3 is 5.11 Å². The largest absolute Gasteiger partial charge is 0.507 e. The highest BCUT2D eigenvalue weighted by molar-refractivity contribution is 7.48. The van der Waals surface area contributed by atoms with E-state index in [9.17, 15) is 5.11 Å². The number of para-hydroxylation sites is 1. The Bertz CT molecular complexity index is 681. The molecule has 2 aromatic carbocycles. The first kappa shape index (κ1) is 16.7. The van der Waals surface area contributed by atoms with Gasteiger partial charge in [-0.3, -0.25) is 4.99 Å². The highest BCUT2D eigenvalue weighted by Gasteiger charge is 2.29. The summed E-state index contributed by atoms with van der Waals surface area (Å²) in [6, 6.07) is 14.4. The molecular weight excluding hydrogens is 289 g/mol. The van der Waals surface area contributed by atoms with Crippen molar-refractivity contribution < 1.29 is 5.11 Å². The fourth-order valence-electron chi connectivity index (χ4n) is 2.61. The van der Waals surface area contributed by atoms with Crippen LogP contribution in [0, 0.1) is 6.92 Å². The SMILES string of the molecule is CCC(C)(Pc1ccccc1C=NC)c1cccc(C)c1O. The summed E-state index contributed by atoms with van der Waals surface area (Å²) in [5.41, 5.74) is 3.14. The third-order valence-electron chi connectivity index (χ3n) is 4.18. The molecule has 0 saturated heterocycles. The Morgan fingerprint density at radius 3 is 2.59 bits per heavy atom. The van der Waals surface area contributed by atoms with Gasteiger partial charge in [0.25, 0.3) is 0 Å². The van der Waals surface area contributed by atoms with Crippen LogP contribution in [-0.2, 0) is 5.16 Å². The maximum atomic E-state index is 10.5. The number of hydrogen-bond donors (Lipinski definition) is 1. The Morgan fingerprint density at radius 2 is 1.91 bits per heavy atom. The molecule has 116 valence electrons. The van der Waals surface area contributed by atoms with Crippen molar-refractivity contribution in [1.29, 1.82) is 0 Å². The van der Waals surface area contributed by atoms with E-state index < -0.39 is 0 Å². The van der Waals surface area contributed by atoms with Crippen LogP contribution in [0.5, 0.6) is 5.75 Å². The lowest BCUT2D eigenvalue weighted by Gasteiger charge is -2.31. The van der Waals surface area contributed by atoms with E-state index in [0.717, 1.165) is 23.1 Å². The standard InChI is InChI=1S/C19H24NOP/c1-5-19(3,16-11-8-9-14(2)18(16)21)22-17-12-7-6-10-15(17)13-20-4/h6-13,21-22H,5H2,1-4H3. The first-order valence-corrected chi connectivity index (χ1v) is 8.60. The minimum Gasteiger partial charge on any atom is -0.507 e. The molecule has 2 nitrogen and oxygen atoms in total. The molecule has 0 saturated carbocycles. The van der Waals surface area contributed by atoms with E-state index in [2.05, 4.69) is 43.1 Å². The normalized spacial score (nSPS) is 14.7. The van der Waals surface area contributed by atoms with Crippen molar-refractivity contribution >= 4 is 20.1 Å². The minimum atomic E-state index is -0.0756. The predicted octanol–water partition coefficient (Wildman–Crippen LogP) is 4.38. The van der Waals surface area contributed by atoms with E-state index in [1.54, 1.807) is 7.05 Å². The molecule has 0 fully saturated rings. The van der Waals surface area contributed by atoms with Crippen molar-refractivity contribution in [1.82, 2.24) is 0 Å². The Kier molecular flexibility index (Phi) is 5.37. The molecule has 0 heterocycles. The molecule has 0 aliphatic rings. The van der Waals surface area contributed by atoms with Crippen LogP contribution in [0.4, 0.5) is 0 Å². The number of hydrogen-bond acceptors (Lipinski definition) is 2. The first-order chi connectivity index (χ1) is 10.5. The topological polar surface area (TPSA) is 32.6 Å². The summed E-state index contributed by atoms with van der Waals surface area (Å²) in [7, 11) is 2.37. The van der Waals surface area contributed by atoms with Crippen LogP contribution in [0.15, 0.2) is 47.5 Å². The van der Waals surface area contributed by atoms with Gasteiger partial charge >= 0.3 is 0 Å². The number of phenols is 1. The molecule has 2 rings (SSSR count). The average Bonchev–Trinajstić information content (AvgIpc) is 2.52. The molecular formula is C19H24NOP. The Balaban J connectivity index is 2.46. The summed E-state index contributed by atoms with van der Waals surface area (Å²) in [5.74, 6) is 0.431. The number of rotatable bonds is 5. The third kappa shape index (κ3) is 3.39. The van der Waals surface area contributed by atoms with E-state index in [0.29, 0.717) is 14.3 Å². The van der Waals surface area contributed by atoms with Crippen molar-refractivity contribution in [2.75, 3.05) is 7.05 Å². The second kappa shape index (κ2) is 7.07. The summed E-state index contributed by atoms with van der Waals surface area (Å²) in [4.78, 5) is 4.16. The van der Waals surface area contributed by atoms with Gasteiger partial charge in [-0.2, -0.15) is 0 Å². The fraction of sp³-hybridized carbons (Fsp3) is 0.316. The summed E-state index contributed by atoms with van der Waals surface area (Å²) in [5, 5.41) is 11.7. The van der Waals surface area contributed by atoms with Crippen LogP contribution in [-0.4, -0.2) is 18.4 Å². The van der Waals surface area contributed by atoms with Crippen LogP contribution >= 0.6 is 8.58 Å². The van der Waals surface area contributed by atoms with Gasteiger partial charge in [0.05, 0.1) is 0 Å². The summed E-state index contributed by atoms with van der Waals surface area (Å²) >= 11 is 0. The Morgan fingerprint density at radius 1 is 1.18 bits per heavy atom. The van der Waals surface area contributed by atoms with Gasteiger partial charge in [-0.1, -0.05) is 64.9 Å². The zero-order chi connectivity index (χ0) is 16.2. The molecule has 0 radical (unpaired) electrons. The van der Waals surface area contributed by atoms with Crippen molar-refractivity contribution in [3.8, 4) is 5.75 Å². The van der Waals surface area contributed by atoms with Crippen LogP contribution in [0.25, 0.3) is 0 Å². The molecule has 0 aliphatic carbocycles. The van der Waals surface area contributed by atoms with Gasteiger partial charge in [0.15, 0.2) is 0 Å². The molecule has 0 bridgehead atoms. The number of aliphatic imine (C=N–C) groups is 1. The van der Waals surface area contributed by atoms with Crippen LogP contribution < -0.4 is 5.30 Å². The molecule has 22 heavy (non-hydrogen) atoms. The summed E-state index contributed by atoms with van der Waals surface area (Å²) < 4.78 is 0. The van der Waals surface area contributed by atoms with Crippen LogP contribution in [0.2, 0.25) is 0 Å². The molecule has 0 aliphatic heterocycles. The minimum absolute atomic E-state index is 0.0756. The number of aromatic hydroxyl groups is 1. The Labute approximate surface area is 135 Å². The average molecular weight is 313 g/mol. The lowest BCUT2D eigenvalue weighted by atomic mass is 9.94. The zero-order valence-electron chi connectivity index (χ0n) is 13.7. The van der Waals surface area contributed by atoms with E-state index in [1.165, 1.54) is 5.30 Å². The predicted molar refractivity (Wildman–Crippen MR) is 98.4 cm³/mol. The molecule has 2 atom stereocenters. The third-order valence-corrected chi connectivity index (χ3v) is 6.08. The molecule has 1 N–H and O–H groups in total. The van der Waals surface area contributed by atoms with Gasteiger partial charge in [0, 0.05) is 24.0 Å². The molecule has 2 unspecified atom stereocenters. The van der Waals surface area contributed by atoms with Crippen molar-refractivity contribution in [3.05, 3.63) is 59.2 Å². The zero-order valence-corrected chi connectivity index (χ0v) is 14.7. The molecule has 3 heteroatoms. The van der Waals surface area contributed by atoms with Crippen molar-refractivity contribution in [2.45, 2.75) is 32.3 Å². The number of nitrogens with zero attached hydrogens (tertiary/aromatic N) is 1. The van der Waals surface area contributed by atoms with Crippen molar-refractivity contribution in [3.63, 3.8) is 0 Å². The van der Waals surface area contributed by atoms with Crippen LogP contribution in [0.1, 0.15) is 37.0 Å². The second-order valence-electron chi connectivity index (χ2n) is 5.76. The highest BCUT2D eigenvalue weighted by Crippen LogP contribution is 2.47. The molecule has 0 amide bonds.